The molecule has 1 N–H and O–H groups in total. The number of nitrogens with one attached hydrogen (secondary N) is 1. The number of aromatic nitrogens is 5. The molecule has 15 heavy (non-hydrogen) atoms. The molecule has 0 radical (unpaired) electrons. The number of H-pyrrole nitrogens is 1. The normalized spacial score (nSPS) is 11.9. The van der Waals surface area contributed by atoms with Gasteiger partial charge in [-0.3, -0.25) is 9.67 Å². The van der Waals surface area contributed by atoms with E-state index >= 15 is 0 Å². The second-order valence-electron chi connectivity index (χ2n) is 2.77. The Morgan fingerprint density at radius 2 is 2.20 bits per heavy atom. The predicted molar refractivity (Wildman–Crippen MR) is 51.6 cm³/mol. The summed E-state index contributed by atoms with van der Waals surface area (Å²) < 4.78 is 23.4. The van der Waals surface area contributed by atoms with Gasteiger partial charge in [-0.05, 0) is 6.07 Å². The molecule has 0 spiro atoms. The third kappa shape index (κ3) is 1.73. The number of rotatable bonds is 2. The molecule has 0 saturated heterocycles. The first-order chi connectivity index (χ1) is 7.00. The van der Waals surface area contributed by atoms with Gasteiger partial charge in [-0.2, -0.15) is 5.10 Å². The van der Waals surface area contributed by atoms with Crippen molar-refractivity contribution >= 4 is 19.7 Å². The first kappa shape index (κ1) is 10.1. The van der Waals surface area contributed by atoms with Gasteiger partial charge in [-0.15, -0.1) is 10.2 Å². The summed E-state index contributed by atoms with van der Waals surface area (Å²) in [7, 11) is 2.79. The standard InChI is InChI=1S/C6H6ClN5O2S/c1-12-5(4-2-3-8-9-4)10-11-6(12)15(7,13)14/h2-3H,1H3,(H,8,9). The Morgan fingerprint density at radius 1 is 1.47 bits per heavy atom. The first-order valence-electron chi connectivity index (χ1n) is 3.84. The Hall–Kier alpha value is -1.41. The van der Waals surface area contributed by atoms with Crippen molar-refractivity contribution in [1.82, 2.24) is 25.0 Å². The van der Waals surface area contributed by atoms with Crippen LogP contribution in [0.3, 0.4) is 0 Å². The molecule has 0 amide bonds. The van der Waals surface area contributed by atoms with Crippen molar-refractivity contribution in [2.45, 2.75) is 5.16 Å². The van der Waals surface area contributed by atoms with Gasteiger partial charge in [0.1, 0.15) is 5.69 Å². The van der Waals surface area contributed by atoms with E-state index in [1.54, 1.807) is 6.07 Å². The maximum atomic E-state index is 11.1. The van der Waals surface area contributed by atoms with Gasteiger partial charge in [0.2, 0.25) is 0 Å². The van der Waals surface area contributed by atoms with Gasteiger partial charge in [-0.25, -0.2) is 8.42 Å². The molecule has 0 aliphatic heterocycles. The minimum Gasteiger partial charge on any atom is -0.299 e. The Balaban J connectivity index is 2.60. The van der Waals surface area contributed by atoms with E-state index in [0.717, 1.165) is 0 Å². The van der Waals surface area contributed by atoms with Crippen LogP contribution in [0, 0.1) is 0 Å². The summed E-state index contributed by atoms with van der Waals surface area (Å²) in [5.74, 6) is 0.353. The summed E-state index contributed by atoms with van der Waals surface area (Å²) in [4.78, 5) is 0. The molecule has 2 aromatic heterocycles. The zero-order valence-electron chi connectivity index (χ0n) is 7.55. The highest BCUT2D eigenvalue weighted by atomic mass is 35.7. The van der Waals surface area contributed by atoms with Crippen LogP contribution in [-0.2, 0) is 16.1 Å². The highest BCUT2D eigenvalue weighted by Gasteiger charge is 2.21. The zero-order valence-corrected chi connectivity index (χ0v) is 9.12. The second-order valence-corrected chi connectivity index (χ2v) is 5.23. The maximum absolute atomic E-state index is 11.1. The summed E-state index contributed by atoms with van der Waals surface area (Å²) in [5, 5.41) is 13.3. The Kier molecular flexibility index (Phi) is 2.24. The first-order valence-corrected chi connectivity index (χ1v) is 6.15. The smallest absolute Gasteiger partial charge is 0.296 e. The highest BCUT2D eigenvalue weighted by Crippen LogP contribution is 2.18. The maximum Gasteiger partial charge on any atom is 0.296 e. The molecule has 0 aromatic carbocycles. The topological polar surface area (TPSA) is 93.5 Å². The van der Waals surface area contributed by atoms with E-state index in [-0.39, 0.29) is 5.16 Å². The lowest BCUT2D eigenvalue weighted by atomic mass is 10.4. The molecule has 0 bridgehead atoms. The van der Waals surface area contributed by atoms with Gasteiger partial charge in [0.25, 0.3) is 14.2 Å². The van der Waals surface area contributed by atoms with Crippen LogP contribution in [0.4, 0.5) is 0 Å². The van der Waals surface area contributed by atoms with Gasteiger partial charge in [0.15, 0.2) is 5.82 Å². The molecule has 0 saturated carbocycles. The fraction of sp³-hybridized carbons (Fsp3) is 0.167. The molecule has 2 aromatic rings. The monoisotopic (exact) mass is 247 g/mol. The molecule has 0 unspecified atom stereocenters. The lowest BCUT2D eigenvalue weighted by Crippen LogP contribution is -2.02. The van der Waals surface area contributed by atoms with E-state index in [1.165, 1.54) is 17.8 Å². The van der Waals surface area contributed by atoms with Crippen LogP contribution >= 0.6 is 10.7 Å². The third-order valence-electron chi connectivity index (χ3n) is 1.79. The van der Waals surface area contributed by atoms with Crippen molar-refractivity contribution in [2.75, 3.05) is 0 Å². The summed E-state index contributed by atoms with van der Waals surface area (Å²) in [5.41, 5.74) is 0.566. The molecule has 80 valence electrons. The van der Waals surface area contributed by atoms with Crippen molar-refractivity contribution < 1.29 is 8.42 Å². The Morgan fingerprint density at radius 3 is 2.67 bits per heavy atom. The Labute approximate surface area is 89.5 Å². The fourth-order valence-corrected chi connectivity index (χ4v) is 2.10. The fourth-order valence-electron chi connectivity index (χ4n) is 1.14. The van der Waals surface area contributed by atoms with Crippen molar-refractivity contribution in [2.24, 2.45) is 7.05 Å². The summed E-state index contributed by atoms with van der Waals surface area (Å²) in [6, 6.07) is 1.65. The number of halogens is 1. The van der Waals surface area contributed by atoms with Crippen molar-refractivity contribution in [3.8, 4) is 11.5 Å². The van der Waals surface area contributed by atoms with E-state index in [2.05, 4.69) is 20.4 Å². The molecule has 7 nitrogen and oxygen atoms in total. The summed E-state index contributed by atoms with van der Waals surface area (Å²) >= 11 is 0. The summed E-state index contributed by atoms with van der Waals surface area (Å²) in [6.45, 7) is 0. The van der Waals surface area contributed by atoms with E-state index in [0.29, 0.717) is 11.5 Å². The van der Waals surface area contributed by atoms with E-state index in [1.807, 2.05) is 0 Å². The summed E-state index contributed by atoms with van der Waals surface area (Å²) in [6.07, 6.45) is 1.53. The number of hydrogen-bond donors (Lipinski definition) is 1. The van der Waals surface area contributed by atoms with Gasteiger partial charge in [0.05, 0.1) is 0 Å². The van der Waals surface area contributed by atoms with Crippen LogP contribution in [0.25, 0.3) is 11.5 Å². The number of hydrogen-bond acceptors (Lipinski definition) is 5. The predicted octanol–water partition coefficient (Wildman–Crippen LogP) is 0.133. The lowest BCUT2D eigenvalue weighted by Gasteiger charge is -1.98. The van der Waals surface area contributed by atoms with Gasteiger partial charge in [-0.1, -0.05) is 0 Å². The molecular formula is C6H6ClN5O2S. The van der Waals surface area contributed by atoms with E-state index < -0.39 is 9.05 Å². The van der Waals surface area contributed by atoms with Crippen LogP contribution in [-0.4, -0.2) is 33.4 Å². The number of aromatic amines is 1. The van der Waals surface area contributed by atoms with Crippen LogP contribution in [0.15, 0.2) is 17.4 Å². The molecule has 2 rings (SSSR count). The second kappa shape index (κ2) is 3.31. The minimum atomic E-state index is -3.88. The quantitative estimate of drug-likeness (QED) is 0.762. The molecule has 0 fully saturated rings. The van der Waals surface area contributed by atoms with Gasteiger partial charge in [0, 0.05) is 23.9 Å². The van der Waals surface area contributed by atoms with Crippen LogP contribution in [0.1, 0.15) is 0 Å². The molecule has 0 atom stereocenters. The van der Waals surface area contributed by atoms with Gasteiger partial charge < -0.3 is 0 Å². The Bertz CT molecular complexity index is 573. The van der Waals surface area contributed by atoms with Gasteiger partial charge >= 0.3 is 0 Å². The number of nitrogens with zero attached hydrogens (tertiary/aromatic N) is 4. The van der Waals surface area contributed by atoms with Crippen LogP contribution < -0.4 is 0 Å². The third-order valence-corrected chi connectivity index (χ3v) is 3.00. The SMILES string of the molecule is Cn1c(-c2ccn[nH]2)nnc1S(=O)(=O)Cl. The highest BCUT2D eigenvalue weighted by molar-refractivity contribution is 8.13. The molecule has 0 aliphatic rings. The average Bonchev–Trinajstić information content (AvgIpc) is 2.69. The lowest BCUT2D eigenvalue weighted by molar-refractivity contribution is 0.593. The molecule has 0 aliphatic carbocycles. The van der Waals surface area contributed by atoms with E-state index in [9.17, 15) is 8.42 Å². The minimum absolute atomic E-state index is 0.297. The van der Waals surface area contributed by atoms with Crippen LogP contribution in [0.2, 0.25) is 0 Å². The molecule has 2 heterocycles. The van der Waals surface area contributed by atoms with Crippen molar-refractivity contribution in [3.05, 3.63) is 12.3 Å². The van der Waals surface area contributed by atoms with Crippen molar-refractivity contribution in [1.29, 1.82) is 0 Å². The largest absolute Gasteiger partial charge is 0.299 e. The van der Waals surface area contributed by atoms with Crippen LogP contribution in [0.5, 0.6) is 0 Å². The van der Waals surface area contributed by atoms with E-state index in [4.69, 9.17) is 10.7 Å². The van der Waals surface area contributed by atoms with Crippen molar-refractivity contribution in [3.63, 3.8) is 0 Å². The molecular weight excluding hydrogens is 242 g/mol. The average molecular weight is 248 g/mol. The zero-order chi connectivity index (χ0) is 11.1. The molecule has 9 heteroatoms.